The Balaban J connectivity index is 0.000000162. The van der Waals surface area contributed by atoms with E-state index in [9.17, 15) is 4.57 Å². The van der Waals surface area contributed by atoms with E-state index in [2.05, 4.69) is 22.0 Å². The number of hydrogen-bond donors (Lipinski definition) is 2. The van der Waals surface area contributed by atoms with Crippen molar-refractivity contribution >= 4 is 8.03 Å². The van der Waals surface area contributed by atoms with E-state index < -0.39 is 8.03 Å². The Morgan fingerprint density at radius 3 is 2.10 bits per heavy atom. The molecule has 1 aromatic rings. The molecule has 5 nitrogen and oxygen atoms in total. The van der Waals surface area contributed by atoms with Gasteiger partial charge in [0.05, 0.1) is 12.4 Å². The highest BCUT2D eigenvalue weighted by Crippen LogP contribution is 2.10. The zero-order valence-corrected chi connectivity index (χ0v) is 6.03. The molecule has 0 bridgehead atoms. The van der Waals surface area contributed by atoms with E-state index in [0.29, 0.717) is 0 Å². The summed E-state index contributed by atoms with van der Waals surface area (Å²) < 4.78 is 9.40. The number of rotatable bonds is 1. The normalized spacial score (nSPS) is 9.10. The van der Waals surface area contributed by atoms with Crippen LogP contribution in [0, 0.1) is 0 Å². The van der Waals surface area contributed by atoms with Crippen molar-refractivity contribution in [3.8, 4) is 0 Å². The average molecular weight is 160 g/mol. The van der Waals surface area contributed by atoms with Gasteiger partial charge in [-0.15, -0.1) is 0 Å². The van der Waals surface area contributed by atoms with Crippen molar-refractivity contribution in [2.24, 2.45) is 0 Å². The molecule has 6 heteroatoms. The molecule has 0 saturated carbocycles. The number of aromatic nitrogens is 3. The van der Waals surface area contributed by atoms with Crippen molar-refractivity contribution in [3.05, 3.63) is 24.8 Å². The third-order valence-electron chi connectivity index (χ3n) is 0.487. The Morgan fingerprint density at radius 2 is 2.00 bits per heavy atom. The molecular formula is C4H7N3O2P+. The molecule has 1 rings (SSSR count). The molecule has 10 heavy (non-hydrogen) atoms. The molecule has 0 aromatic carbocycles. The van der Waals surface area contributed by atoms with Crippen LogP contribution >= 0.6 is 8.03 Å². The van der Waals surface area contributed by atoms with Gasteiger partial charge >= 0.3 is 8.03 Å². The van der Waals surface area contributed by atoms with Crippen molar-refractivity contribution in [2.45, 2.75) is 0 Å². The Kier molecular flexibility index (Phi) is 5.42. The zero-order valence-electron chi connectivity index (χ0n) is 5.14. The van der Waals surface area contributed by atoms with Gasteiger partial charge in [0.2, 0.25) is 0 Å². The second-order valence-corrected chi connectivity index (χ2v) is 2.11. The second kappa shape index (κ2) is 6.07. The number of aromatic amines is 1. The van der Waals surface area contributed by atoms with Gasteiger partial charge in [-0.05, 0) is 11.1 Å². The summed E-state index contributed by atoms with van der Waals surface area (Å²) in [7, 11) is -2.08. The molecule has 0 spiro atoms. The van der Waals surface area contributed by atoms with Crippen molar-refractivity contribution < 1.29 is 9.46 Å². The first-order valence-electron chi connectivity index (χ1n) is 2.35. The Labute approximate surface area is 58.6 Å². The van der Waals surface area contributed by atoms with Crippen LogP contribution in [0.3, 0.4) is 0 Å². The molecule has 0 amide bonds. The summed E-state index contributed by atoms with van der Waals surface area (Å²) >= 11 is 0. The maximum absolute atomic E-state index is 9.40. The van der Waals surface area contributed by atoms with Crippen molar-refractivity contribution in [3.63, 3.8) is 0 Å². The first-order valence-corrected chi connectivity index (χ1v) is 3.63. The molecule has 0 radical (unpaired) electrons. The van der Waals surface area contributed by atoms with Crippen LogP contribution in [0.2, 0.25) is 0 Å². The highest BCUT2D eigenvalue weighted by molar-refractivity contribution is 7.41. The Bertz CT molecular complexity index is 169. The lowest BCUT2D eigenvalue weighted by Gasteiger charge is -1.48. The predicted octanol–water partition coefficient (Wildman–Crippen LogP) is 0.669. The minimum atomic E-state index is -2.08. The fourth-order valence-electron chi connectivity index (χ4n) is 0.167. The van der Waals surface area contributed by atoms with Gasteiger partial charge in [-0.2, -0.15) is 20.3 Å². The zero-order chi connectivity index (χ0) is 7.82. The summed E-state index contributed by atoms with van der Waals surface area (Å²) in [4.78, 5) is 7.75. The lowest BCUT2D eigenvalue weighted by atomic mass is 11.0. The van der Waals surface area contributed by atoms with Gasteiger partial charge in [0, 0.05) is 0 Å². The Morgan fingerprint density at radius 1 is 1.60 bits per heavy atom. The number of nitrogens with one attached hydrogen (secondary N) is 1. The van der Waals surface area contributed by atoms with Crippen LogP contribution < -0.4 is 0 Å². The molecule has 54 valence electrons. The Hall–Kier alpha value is -1.06. The van der Waals surface area contributed by atoms with Gasteiger partial charge in [0.15, 0.2) is 5.82 Å². The summed E-state index contributed by atoms with van der Waals surface area (Å²) in [5.41, 5.74) is 0. The van der Waals surface area contributed by atoms with Gasteiger partial charge in [0.1, 0.15) is 0 Å². The summed E-state index contributed by atoms with van der Waals surface area (Å²) in [6.45, 7) is 3.03. The molecule has 0 fully saturated rings. The fraction of sp³-hybridized carbons (Fsp3) is 0. The molecule has 1 unspecified atom stereocenters. The third-order valence-corrected chi connectivity index (χ3v) is 0.800. The molecule has 0 aliphatic rings. The average Bonchev–Trinajstić information content (AvgIpc) is 2.43. The number of H-pyrrole nitrogens is 1. The van der Waals surface area contributed by atoms with Crippen molar-refractivity contribution in [1.82, 2.24) is 15.4 Å². The molecule has 0 aliphatic heterocycles. The predicted molar refractivity (Wildman–Crippen MR) is 36.4 cm³/mol. The maximum Gasteiger partial charge on any atom is 0.537 e. The minimum Gasteiger partial charge on any atom is -0.198 e. The standard InChI is InChI=1S/C2H3N3.C2H3O2P/c1-2-4-5-3-1;1-2-5(3)4/h1-2H,(H,3,4,5);2H,1H2/p+1. The SMILES string of the molecule is C=C[P+](=O)O.c1cn[nH]n1. The first-order chi connectivity index (χ1) is 4.77. The van der Waals surface area contributed by atoms with Crippen LogP contribution in [0.15, 0.2) is 24.8 Å². The highest BCUT2D eigenvalue weighted by Gasteiger charge is 1.94. The quantitative estimate of drug-likeness (QED) is 0.591. The summed E-state index contributed by atoms with van der Waals surface area (Å²) in [5.74, 6) is 0.981. The molecule has 1 aromatic heterocycles. The highest BCUT2D eigenvalue weighted by atomic mass is 31.1. The minimum absolute atomic E-state index is 0.981. The second-order valence-electron chi connectivity index (χ2n) is 1.14. The topological polar surface area (TPSA) is 78.9 Å². The van der Waals surface area contributed by atoms with Crippen molar-refractivity contribution in [2.75, 3.05) is 0 Å². The van der Waals surface area contributed by atoms with Gasteiger partial charge in [-0.1, -0.05) is 0 Å². The van der Waals surface area contributed by atoms with Crippen LogP contribution in [0.1, 0.15) is 0 Å². The van der Waals surface area contributed by atoms with Gasteiger partial charge in [-0.3, -0.25) is 0 Å². The van der Waals surface area contributed by atoms with Gasteiger partial charge in [0.25, 0.3) is 0 Å². The van der Waals surface area contributed by atoms with E-state index in [1.54, 1.807) is 12.4 Å². The van der Waals surface area contributed by atoms with E-state index >= 15 is 0 Å². The van der Waals surface area contributed by atoms with E-state index in [0.717, 1.165) is 5.82 Å². The van der Waals surface area contributed by atoms with Crippen LogP contribution in [-0.4, -0.2) is 20.3 Å². The maximum atomic E-state index is 9.40. The first kappa shape index (κ1) is 8.94. The van der Waals surface area contributed by atoms with Gasteiger partial charge < -0.3 is 0 Å². The van der Waals surface area contributed by atoms with E-state index in [1.807, 2.05) is 0 Å². The smallest absolute Gasteiger partial charge is 0.198 e. The third kappa shape index (κ3) is 6.94. The molecular weight excluding hydrogens is 153 g/mol. The number of hydrogen-bond acceptors (Lipinski definition) is 3. The van der Waals surface area contributed by atoms with Crippen LogP contribution in [0.25, 0.3) is 0 Å². The van der Waals surface area contributed by atoms with Crippen molar-refractivity contribution in [1.29, 1.82) is 0 Å². The lowest BCUT2D eigenvalue weighted by molar-refractivity contribution is 0.512. The van der Waals surface area contributed by atoms with Crippen LogP contribution in [-0.2, 0) is 4.57 Å². The molecule has 1 atom stereocenters. The summed E-state index contributed by atoms with van der Waals surface area (Å²) in [6, 6.07) is 0. The number of nitrogens with zero attached hydrogens (tertiary/aromatic N) is 2. The largest absolute Gasteiger partial charge is 0.537 e. The monoisotopic (exact) mass is 160 g/mol. The lowest BCUT2D eigenvalue weighted by Crippen LogP contribution is -1.61. The van der Waals surface area contributed by atoms with Gasteiger partial charge in [-0.25, -0.2) is 0 Å². The fourth-order valence-corrected chi connectivity index (χ4v) is 0.167. The molecule has 0 saturated heterocycles. The summed E-state index contributed by atoms with van der Waals surface area (Å²) in [6.07, 6.45) is 3.17. The molecule has 0 aliphatic carbocycles. The van der Waals surface area contributed by atoms with Crippen LogP contribution in [0.5, 0.6) is 0 Å². The summed E-state index contributed by atoms with van der Waals surface area (Å²) in [5, 5.41) is 9.33. The van der Waals surface area contributed by atoms with E-state index in [1.165, 1.54) is 0 Å². The van der Waals surface area contributed by atoms with E-state index in [4.69, 9.17) is 4.89 Å². The van der Waals surface area contributed by atoms with E-state index in [-0.39, 0.29) is 0 Å². The van der Waals surface area contributed by atoms with Crippen LogP contribution in [0.4, 0.5) is 0 Å². The molecule has 1 heterocycles. The molecule has 2 N–H and O–H groups in total.